The van der Waals surface area contributed by atoms with Gasteiger partial charge in [-0.1, -0.05) is 6.07 Å². The molecule has 1 heterocycles. The van der Waals surface area contributed by atoms with Crippen molar-refractivity contribution in [2.75, 3.05) is 4.72 Å². The van der Waals surface area contributed by atoms with Gasteiger partial charge < -0.3 is 5.73 Å². The molecule has 0 aliphatic rings. The van der Waals surface area contributed by atoms with Crippen molar-refractivity contribution in [1.29, 1.82) is 0 Å². The third kappa shape index (κ3) is 3.56. The van der Waals surface area contributed by atoms with Gasteiger partial charge in [-0.3, -0.25) is 4.72 Å². The second kappa shape index (κ2) is 5.79. The third-order valence-corrected chi connectivity index (χ3v) is 4.23. The van der Waals surface area contributed by atoms with Crippen LogP contribution in [-0.2, 0) is 16.6 Å². The van der Waals surface area contributed by atoms with Gasteiger partial charge in [-0.25, -0.2) is 17.8 Å². The lowest BCUT2D eigenvalue weighted by Crippen LogP contribution is -2.16. The molecule has 3 N–H and O–H groups in total. The van der Waals surface area contributed by atoms with Gasteiger partial charge in [-0.2, -0.15) is 0 Å². The van der Waals surface area contributed by atoms with Gasteiger partial charge in [0.25, 0.3) is 10.0 Å². The average Bonchev–Trinajstić information content (AvgIpc) is 2.37. The molecule has 7 heteroatoms. The van der Waals surface area contributed by atoms with E-state index in [0.29, 0.717) is 11.3 Å². The normalized spacial score (nSPS) is 11.4. The van der Waals surface area contributed by atoms with Crippen LogP contribution in [-0.4, -0.2) is 13.4 Å². The molecule has 21 heavy (non-hydrogen) atoms. The summed E-state index contributed by atoms with van der Waals surface area (Å²) in [7, 11) is -4.05. The molecule has 0 aliphatic carbocycles. The summed E-state index contributed by atoms with van der Waals surface area (Å²) in [5.74, 6) is -0.672. The van der Waals surface area contributed by atoms with Crippen LogP contribution < -0.4 is 10.5 Å². The summed E-state index contributed by atoms with van der Waals surface area (Å²) < 4.78 is 40.6. The number of pyridine rings is 1. The zero-order chi connectivity index (χ0) is 15.6. The van der Waals surface area contributed by atoms with E-state index >= 15 is 0 Å². The zero-order valence-corrected chi connectivity index (χ0v) is 12.5. The van der Waals surface area contributed by atoms with E-state index in [1.165, 1.54) is 12.1 Å². The zero-order valence-electron chi connectivity index (χ0n) is 11.7. The standard InChI is InChI=1S/C14H16FN3O2S/c1-9-5-10(2)17-14(6-9)18-21(19,20)13-7-11(8-16)3-4-12(13)15/h3-7H,8,16H2,1-2H3,(H,17,18). The summed E-state index contributed by atoms with van der Waals surface area (Å²) in [6, 6.07) is 7.15. The molecule has 0 unspecified atom stereocenters. The molecule has 5 nitrogen and oxygen atoms in total. The van der Waals surface area contributed by atoms with Crippen LogP contribution in [0.5, 0.6) is 0 Å². The van der Waals surface area contributed by atoms with Gasteiger partial charge in [0.05, 0.1) is 0 Å². The lowest BCUT2D eigenvalue weighted by molar-refractivity contribution is 0.569. The Hall–Kier alpha value is -1.99. The second-order valence-corrected chi connectivity index (χ2v) is 6.40. The van der Waals surface area contributed by atoms with Crippen LogP contribution in [0, 0.1) is 19.7 Å². The molecule has 2 aromatic rings. The van der Waals surface area contributed by atoms with Crippen molar-refractivity contribution in [2.24, 2.45) is 5.73 Å². The summed E-state index contributed by atoms with van der Waals surface area (Å²) in [5, 5.41) is 0. The summed E-state index contributed by atoms with van der Waals surface area (Å²) in [6.07, 6.45) is 0. The Kier molecular flexibility index (Phi) is 4.24. The molecule has 0 aliphatic heterocycles. The Morgan fingerprint density at radius 3 is 2.57 bits per heavy atom. The molecular weight excluding hydrogens is 293 g/mol. The van der Waals surface area contributed by atoms with Crippen molar-refractivity contribution in [3.63, 3.8) is 0 Å². The molecule has 0 fully saturated rings. The monoisotopic (exact) mass is 309 g/mol. The molecule has 112 valence electrons. The fourth-order valence-electron chi connectivity index (χ4n) is 1.97. The second-order valence-electron chi connectivity index (χ2n) is 4.75. The minimum absolute atomic E-state index is 0.130. The Bertz CT molecular complexity index is 756. The predicted octanol–water partition coefficient (Wildman–Crippen LogP) is 2.10. The smallest absolute Gasteiger partial charge is 0.265 e. The summed E-state index contributed by atoms with van der Waals surface area (Å²) in [4.78, 5) is 3.64. The van der Waals surface area contributed by atoms with Gasteiger partial charge >= 0.3 is 0 Å². The number of benzene rings is 1. The number of anilines is 1. The number of hydrogen-bond acceptors (Lipinski definition) is 4. The van der Waals surface area contributed by atoms with Crippen LogP contribution in [0.3, 0.4) is 0 Å². The van der Waals surface area contributed by atoms with Crippen LogP contribution >= 0.6 is 0 Å². The van der Waals surface area contributed by atoms with Crippen molar-refractivity contribution in [2.45, 2.75) is 25.3 Å². The van der Waals surface area contributed by atoms with Gasteiger partial charge in [-0.15, -0.1) is 0 Å². The maximum Gasteiger partial charge on any atom is 0.265 e. The molecule has 1 aromatic carbocycles. The molecule has 0 amide bonds. The van der Waals surface area contributed by atoms with Crippen LogP contribution in [0.1, 0.15) is 16.8 Å². The van der Waals surface area contributed by atoms with Crippen LogP contribution in [0.2, 0.25) is 0 Å². The highest BCUT2D eigenvalue weighted by Gasteiger charge is 2.20. The van der Waals surface area contributed by atoms with Crippen molar-refractivity contribution in [1.82, 2.24) is 4.98 Å². The minimum Gasteiger partial charge on any atom is -0.326 e. The largest absolute Gasteiger partial charge is 0.326 e. The van der Waals surface area contributed by atoms with Crippen LogP contribution in [0.25, 0.3) is 0 Å². The minimum atomic E-state index is -4.05. The first kappa shape index (κ1) is 15.4. The Labute approximate surface area is 123 Å². The van der Waals surface area contributed by atoms with E-state index in [9.17, 15) is 12.8 Å². The van der Waals surface area contributed by atoms with E-state index in [1.807, 2.05) is 13.0 Å². The predicted molar refractivity (Wildman–Crippen MR) is 78.8 cm³/mol. The van der Waals surface area contributed by atoms with E-state index in [0.717, 1.165) is 11.6 Å². The lowest BCUT2D eigenvalue weighted by Gasteiger charge is -2.10. The lowest BCUT2D eigenvalue weighted by atomic mass is 10.2. The SMILES string of the molecule is Cc1cc(C)nc(NS(=O)(=O)c2cc(CN)ccc2F)c1. The van der Waals surface area contributed by atoms with Crippen molar-refractivity contribution in [3.8, 4) is 0 Å². The highest BCUT2D eigenvalue weighted by molar-refractivity contribution is 7.92. The fourth-order valence-corrected chi connectivity index (χ4v) is 3.09. The number of halogens is 1. The Morgan fingerprint density at radius 1 is 1.24 bits per heavy atom. The van der Waals surface area contributed by atoms with Crippen LogP contribution in [0.15, 0.2) is 35.2 Å². The molecule has 0 bridgehead atoms. The van der Waals surface area contributed by atoms with Crippen molar-refractivity contribution >= 4 is 15.8 Å². The summed E-state index contributed by atoms with van der Waals surface area (Å²) in [6.45, 7) is 3.70. The van der Waals surface area contributed by atoms with Crippen molar-refractivity contribution in [3.05, 3.63) is 53.0 Å². The average molecular weight is 309 g/mol. The fraction of sp³-hybridized carbons (Fsp3) is 0.214. The quantitative estimate of drug-likeness (QED) is 0.905. The summed E-state index contributed by atoms with van der Waals surface area (Å²) in [5.41, 5.74) is 7.51. The first-order chi connectivity index (χ1) is 9.81. The number of nitrogens with zero attached hydrogens (tertiary/aromatic N) is 1. The Morgan fingerprint density at radius 2 is 1.95 bits per heavy atom. The molecule has 0 saturated carbocycles. The van der Waals surface area contributed by atoms with E-state index in [1.54, 1.807) is 13.0 Å². The molecule has 0 saturated heterocycles. The number of sulfonamides is 1. The van der Waals surface area contributed by atoms with Crippen molar-refractivity contribution < 1.29 is 12.8 Å². The maximum absolute atomic E-state index is 13.8. The molecule has 1 aromatic heterocycles. The van der Waals surface area contributed by atoms with Gasteiger partial charge in [0.2, 0.25) is 0 Å². The molecule has 0 atom stereocenters. The number of aryl methyl sites for hydroxylation is 2. The third-order valence-electron chi connectivity index (χ3n) is 2.86. The van der Waals surface area contributed by atoms with E-state index < -0.39 is 20.7 Å². The maximum atomic E-state index is 13.8. The first-order valence-corrected chi connectivity index (χ1v) is 7.77. The number of rotatable bonds is 4. The van der Waals surface area contributed by atoms with Gasteiger partial charge in [-0.05, 0) is 49.2 Å². The molecular formula is C14H16FN3O2S. The molecule has 2 rings (SSSR count). The number of nitrogens with two attached hydrogens (primary N) is 1. The topological polar surface area (TPSA) is 85.1 Å². The molecule has 0 radical (unpaired) electrons. The Balaban J connectivity index is 2.42. The molecule has 0 spiro atoms. The summed E-state index contributed by atoms with van der Waals surface area (Å²) >= 11 is 0. The highest BCUT2D eigenvalue weighted by Crippen LogP contribution is 2.20. The van der Waals surface area contributed by atoms with E-state index in [-0.39, 0.29) is 12.4 Å². The number of nitrogens with one attached hydrogen (secondary N) is 1. The first-order valence-electron chi connectivity index (χ1n) is 6.28. The highest BCUT2D eigenvalue weighted by atomic mass is 32.2. The van der Waals surface area contributed by atoms with E-state index in [2.05, 4.69) is 9.71 Å². The van der Waals surface area contributed by atoms with Gasteiger partial charge in [0.15, 0.2) is 0 Å². The number of hydrogen-bond donors (Lipinski definition) is 2. The van der Waals surface area contributed by atoms with Crippen LogP contribution in [0.4, 0.5) is 10.2 Å². The number of aromatic nitrogens is 1. The van der Waals surface area contributed by atoms with Gasteiger partial charge in [0, 0.05) is 12.2 Å². The van der Waals surface area contributed by atoms with Gasteiger partial charge in [0.1, 0.15) is 16.5 Å². The van der Waals surface area contributed by atoms with E-state index in [4.69, 9.17) is 5.73 Å².